The molecule has 0 amide bonds. The lowest BCUT2D eigenvalue weighted by atomic mass is 10.2. The van der Waals surface area contributed by atoms with Crippen LogP contribution in [0.25, 0.3) is 6.08 Å². The molecule has 0 saturated heterocycles. The normalized spacial score (nSPS) is 11.8. The molecule has 0 aromatic heterocycles. The van der Waals surface area contributed by atoms with Gasteiger partial charge in [-0.1, -0.05) is 30.3 Å². The number of ether oxygens (including phenoxy) is 1. The van der Waals surface area contributed by atoms with E-state index in [4.69, 9.17) is 0 Å². The van der Waals surface area contributed by atoms with Gasteiger partial charge in [0.1, 0.15) is 5.83 Å². The van der Waals surface area contributed by atoms with Crippen LogP contribution < -0.4 is 0 Å². The van der Waals surface area contributed by atoms with Crippen molar-refractivity contribution in [2.75, 3.05) is 6.61 Å². The fourth-order valence-electron chi connectivity index (χ4n) is 1.09. The average Bonchev–Trinajstić information content (AvgIpc) is 2.28. The Morgan fingerprint density at radius 3 is 2.62 bits per heavy atom. The van der Waals surface area contributed by atoms with Crippen molar-refractivity contribution in [2.24, 2.45) is 0 Å². The number of benzene rings is 1. The molecule has 0 spiro atoms. The third-order valence-electron chi connectivity index (χ3n) is 1.77. The van der Waals surface area contributed by atoms with E-state index in [0.29, 0.717) is 0 Å². The molecule has 0 radical (unpaired) electrons. The molecule has 0 aliphatic rings. The number of hydrogen-bond acceptors (Lipinski definition) is 2. The molecule has 0 saturated carbocycles. The van der Waals surface area contributed by atoms with E-state index in [-0.39, 0.29) is 6.61 Å². The molecule has 3 heteroatoms. The summed E-state index contributed by atoms with van der Waals surface area (Å²) in [7, 11) is 0. The third kappa shape index (κ3) is 4.55. The van der Waals surface area contributed by atoms with Crippen LogP contribution in [0.15, 0.2) is 48.3 Å². The summed E-state index contributed by atoms with van der Waals surface area (Å²) in [5, 5.41) is 0. The first-order chi connectivity index (χ1) is 7.72. The smallest absolute Gasteiger partial charge is 0.330 e. The van der Waals surface area contributed by atoms with Gasteiger partial charge in [0.15, 0.2) is 0 Å². The molecule has 1 rings (SSSR count). The topological polar surface area (TPSA) is 26.3 Å². The molecule has 1 aromatic carbocycles. The predicted molar refractivity (Wildman–Crippen MR) is 61.3 cm³/mol. The number of rotatable bonds is 4. The Morgan fingerprint density at radius 2 is 2.00 bits per heavy atom. The molecule has 1 aromatic rings. The third-order valence-corrected chi connectivity index (χ3v) is 1.77. The molecule has 16 heavy (non-hydrogen) atoms. The van der Waals surface area contributed by atoms with Crippen molar-refractivity contribution in [1.29, 1.82) is 0 Å². The van der Waals surface area contributed by atoms with Crippen LogP contribution >= 0.6 is 0 Å². The van der Waals surface area contributed by atoms with Gasteiger partial charge < -0.3 is 4.74 Å². The maximum absolute atomic E-state index is 13.3. The SMILES string of the molecule is CCOC(=O)/C=C/C(F)=C\c1ccccc1. The van der Waals surface area contributed by atoms with Gasteiger partial charge in [-0.2, -0.15) is 0 Å². The molecule has 0 aliphatic heterocycles. The highest BCUT2D eigenvalue weighted by Crippen LogP contribution is 2.08. The zero-order valence-corrected chi connectivity index (χ0v) is 9.02. The minimum absolute atomic E-state index is 0.285. The summed E-state index contributed by atoms with van der Waals surface area (Å²) in [4.78, 5) is 10.9. The Morgan fingerprint density at radius 1 is 1.31 bits per heavy atom. The van der Waals surface area contributed by atoms with Crippen LogP contribution in [0.1, 0.15) is 12.5 Å². The number of esters is 1. The van der Waals surface area contributed by atoms with Gasteiger partial charge in [0, 0.05) is 6.08 Å². The Kier molecular flexibility index (Phi) is 4.99. The van der Waals surface area contributed by atoms with Gasteiger partial charge in [-0.3, -0.25) is 0 Å². The van der Waals surface area contributed by atoms with Crippen LogP contribution in [0.4, 0.5) is 4.39 Å². The molecular weight excluding hydrogens is 207 g/mol. The van der Waals surface area contributed by atoms with E-state index >= 15 is 0 Å². The largest absolute Gasteiger partial charge is 0.463 e. The van der Waals surface area contributed by atoms with Gasteiger partial charge in [-0.15, -0.1) is 0 Å². The van der Waals surface area contributed by atoms with Crippen LogP contribution in [-0.2, 0) is 9.53 Å². The van der Waals surface area contributed by atoms with Gasteiger partial charge in [-0.05, 0) is 24.6 Å². The first-order valence-corrected chi connectivity index (χ1v) is 4.99. The quantitative estimate of drug-likeness (QED) is 0.442. The van der Waals surface area contributed by atoms with Crippen molar-refractivity contribution in [3.05, 3.63) is 53.9 Å². The fourth-order valence-corrected chi connectivity index (χ4v) is 1.09. The van der Waals surface area contributed by atoms with Gasteiger partial charge in [0.2, 0.25) is 0 Å². The first kappa shape index (κ1) is 12.2. The van der Waals surface area contributed by atoms with E-state index in [1.54, 1.807) is 19.1 Å². The lowest BCUT2D eigenvalue weighted by Gasteiger charge is -1.94. The van der Waals surface area contributed by atoms with Crippen molar-refractivity contribution >= 4 is 12.0 Å². The molecule has 0 heterocycles. The fraction of sp³-hybridized carbons (Fsp3) is 0.154. The zero-order chi connectivity index (χ0) is 11.8. The number of halogens is 1. The van der Waals surface area contributed by atoms with Crippen LogP contribution in [0, 0.1) is 0 Å². The summed E-state index contributed by atoms with van der Waals surface area (Å²) < 4.78 is 17.9. The molecule has 0 atom stereocenters. The van der Waals surface area contributed by atoms with Crippen molar-refractivity contribution in [3.8, 4) is 0 Å². The van der Waals surface area contributed by atoms with Crippen LogP contribution in [0.5, 0.6) is 0 Å². The van der Waals surface area contributed by atoms with Crippen molar-refractivity contribution < 1.29 is 13.9 Å². The van der Waals surface area contributed by atoms with Crippen molar-refractivity contribution in [2.45, 2.75) is 6.92 Å². The molecule has 84 valence electrons. The summed E-state index contributed by atoms with van der Waals surface area (Å²) in [5.74, 6) is -1.03. The van der Waals surface area contributed by atoms with E-state index in [2.05, 4.69) is 4.74 Å². The highest BCUT2D eigenvalue weighted by molar-refractivity contribution is 5.82. The van der Waals surface area contributed by atoms with E-state index in [1.807, 2.05) is 18.2 Å². The average molecular weight is 220 g/mol. The molecule has 0 N–H and O–H groups in total. The summed E-state index contributed by atoms with van der Waals surface area (Å²) in [6, 6.07) is 9.03. The second-order valence-electron chi connectivity index (χ2n) is 3.03. The van der Waals surface area contributed by atoms with Crippen molar-refractivity contribution in [1.82, 2.24) is 0 Å². The molecule has 2 nitrogen and oxygen atoms in total. The van der Waals surface area contributed by atoms with Crippen LogP contribution in [-0.4, -0.2) is 12.6 Å². The summed E-state index contributed by atoms with van der Waals surface area (Å²) in [5.41, 5.74) is 0.744. The van der Waals surface area contributed by atoms with E-state index in [1.165, 1.54) is 6.08 Å². The lowest BCUT2D eigenvalue weighted by Crippen LogP contribution is -1.98. The molecule has 0 aliphatic carbocycles. The Balaban J connectivity index is 2.62. The predicted octanol–water partition coefficient (Wildman–Crippen LogP) is 3.12. The highest BCUT2D eigenvalue weighted by Gasteiger charge is 1.95. The van der Waals surface area contributed by atoms with E-state index in [9.17, 15) is 9.18 Å². The number of carbonyl (C=O) groups is 1. The zero-order valence-electron chi connectivity index (χ0n) is 9.02. The second-order valence-corrected chi connectivity index (χ2v) is 3.03. The minimum Gasteiger partial charge on any atom is -0.463 e. The van der Waals surface area contributed by atoms with E-state index < -0.39 is 11.8 Å². The standard InChI is InChI=1S/C13H13FO2/c1-2-16-13(15)9-8-12(14)10-11-6-4-3-5-7-11/h3-10H,2H2,1H3/b9-8+,12-10+. The van der Waals surface area contributed by atoms with Crippen LogP contribution in [0.3, 0.4) is 0 Å². The van der Waals surface area contributed by atoms with Gasteiger partial charge in [0.25, 0.3) is 0 Å². The summed E-state index contributed by atoms with van der Waals surface area (Å²) in [6.45, 7) is 1.98. The Hall–Kier alpha value is -1.90. The number of allylic oxidation sites excluding steroid dienone is 2. The maximum atomic E-state index is 13.3. The maximum Gasteiger partial charge on any atom is 0.330 e. The molecule has 0 unspecified atom stereocenters. The lowest BCUT2D eigenvalue weighted by molar-refractivity contribution is -0.137. The van der Waals surface area contributed by atoms with Gasteiger partial charge in [-0.25, -0.2) is 9.18 Å². The Labute approximate surface area is 94.0 Å². The second kappa shape index (κ2) is 6.56. The number of carbonyl (C=O) groups excluding carboxylic acids is 1. The molecular formula is C13H13FO2. The molecule has 0 fully saturated rings. The Bertz CT molecular complexity index is 394. The van der Waals surface area contributed by atoms with E-state index in [0.717, 1.165) is 17.7 Å². The first-order valence-electron chi connectivity index (χ1n) is 4.99. The van der Waals surface area contributed by atoms with Crippen LogP contribution in [0.2, 0.25) is 0 Å². The minimum atomic E-state index is -0.542. The van der Waals surface area contributed by atoms with Gasteiger partial charge >= 0.3 is 5.97 Å². The summed E-state index contributed by atoms with van der Waals surface area (Å²) in [6.07, 6.45) is 3.50. The van der Waals surface area contributed by atoms with Crippen molar-refractivity contribution in [3.63, 3.8) is 0 Å². The summed E-state index contributed by atoms with van der Waals surface area (Å²) >= 11 is 0. The highest BCUT2D eigenvalue weighted by atomic mass is 19.1. The molecule has 0 bridgehead atoms. The monoisotopic (exact) mass is 220 g/mol. The number of hydrogen-bond donors (Lipinski definition) is 0. The van der Waals surface area contributed by atoms with Gasteiger partial charge in [0.05, 0.1) is 6.61 Å².